The van der Waals surface area contributed by atoms with Crippen LogP contribution in [0.2, 0.25) is 0 Å². The lowest BCUT2D eigenvalue weighted by Crippen LogP contribution is -2.53. The fraction of sp³-hybridized carbons (Fsp3) is 0.273. The number of hydrogen-bond donors (Lipinski definition) is 1. The minimum atomic E-state index is -4.76. The molecule has 1 amide bonds. The monoisotopic (exact) mass is 436 g/mol. The maximum absolute atomic E-state index is 13.5. The van der Waals surface area contributed by atoms with E-state index >= 15 is 0 Å². The van der Waals surface area contributed by atoms with E-state index in [1.165, 1.54) is 44.4 Å². The molecule has 3 rings (SSSR count). The molecule has 9 heteroatoms. The highest BCUT2D eigenvalue weighted by Crippen LogP contribution is 2.36. The van der Waals surface area contributed by atoms with Crippen molar-refractivity contribution in [2.75, 3.05) is 7.11 Å². The molecule has 0 spiro atoms. The highest BCUT2D eigenvalue weighted by molar-refractivity contribution is 5.98. The first-order valence-corrected chi connectivity index (χ1v) is 9.29. The number of allylic oxidation sites excluding steroid dienone is 2. The Labute approximate surface area is 176 Å². The number of carbonyl (C=O) groups is 2. The lowest BCUT2D eigenvalue weighted by molar-refractivity contribution is -0.138. The van der Waals surface area contributed by atoms with Gasteiger partial charge in [0, 0.05) is 19.5 Å². The number of aromatic nitrogens is 1. The van der Waals surface area contributed by atoms with Gasteiger partial charge in [-0.2, -0.15) is 13.2 Å². The highest BCUT2D eigenvalue weighted by atomic mass is 19.4. The molecule has 0 saturated heterocycles. The van der Waals surface area contributed by atoms with Crippen molar-refractivity contribution in [3.05, 3.63) is 83.5 Å². The third-order valence-electron chi connectivity index (χ3n) is 5.16. The third kappa shape index (κ3) is 4.32. The van der Waals surface area contributed by atoms with Gasteiger partial charge in [0.15, 0.2) is 0 Å². The van der Waals surface area contributed by atoms with Gasteiger partial charge in [0.2, 0.25) is 0 Å². The second kappa shape index (κ2) is 8.50. The topological polar surface area (TPSA) is 60.3 Å². The van der Waals surface area contributed by atoms with Gasteiger partial charge in [0.05, 0.1) is 22.6 Å². The van der Waals surface area contributed by atoms with Crippen molar-refractivity contribution in [3.63, 3.8) is 0 Å². The molecule has 0 fully saturated rings. The summed E-state index contributed by atoms with van der Waals surface area (Å²) < 4.78 is 59.8. The summed E-state index contributed by atoms with van der Waals surface area (Å²) in [5, 5.41) is 2.54. The summed E-state index contributed by atoms with van der Waals surface area (Å²) in [6, 6.07) is 4.19. The van der Waals surface area contributed by atoms with Crippen LogP contribution in [0.3, 0.4) is 0 Å². The average Bonchev–Trinajstić information content (AvgIpc) is 3.14. The Morgan fingerprint density at radius 3 is 2.42 bits per heavy atom. The fourth-order valence-electron chi connectivity index (χ4n) is 3.70. The second-order valence-electron chi connectivity index (χ2n) is 7.14. The number of rotatable bonds is 6. The Morgan fingerprint density at radius 2 is 1.84 bits per heavy atom. The van der Waals surface area contributed by atoms with Crippen molar-refractivity contribution in [1.82, 2.24) is 9.88 Å². The Balaban J connectivity index is 2.01. The third-order valence-corrected chi connectivity index (χ3v) is 5.16. The first kappa shape index (κ1) is 22.5. The maximum atomic E-state index is 13.5. The van der Waals surface area contributed by atoms with E-state index in [-0.39, 0.29) is 12.5 Å². The molecule has 31 heavy (non-hydrogen) atoms. The first-order valence-electron chi connectivity index (χ1n) is 9.29. The van der Waals surface area contributed by atoms with Crippen LogP contribution in [-0.4, -0.2) is 29.4 Å². The van der Waals surface area contributed by atoms with Crippen LogP contribution in [0, 0.1) is 5.82 Å². The Hall–Kier alpha value is -3.20. The number of amides is 1. The summed E-state index contributed by atoms with van der Waals surface area (Å²) in [4.78, 5) is 25.6. The van der Waals surface area contributed by atoms with Crippen LogP contribution < -0.4 is 5.32 Å². The smallest absolute Gasteiger partial charge is 0.364 e. The number of ketones is 1. The van der Waals surface area contributed by atoms with E-state index < -0.39 is 40.5 Å². The van der Waals surface area contributed by atoms with Crippen molar-refractivity contribution in [2.45, 2.75) is 31.3 Å². The lowest BCUT2D eigenvalue weighted by Gasteiger charge is -2.37. The van der Waals surface area contributed by atoms with Gasteiger partial charge in [0.1, 0.15) is 18.3 Å². The molecule has 1 aliphatic rings. The zero-order valence-electron chi connectivity index (χ0n) is 16.7. The predicted octanol–water partition coefficient (Wildman–Crippen LogP) is 4.00. The SMILES string of the molecule is COCn1cc(C(=O)NC2C=CC=CC2(C(C)=O)c2ccc(F)cc2)c(C(F)(F)F)c1. The van der Waals surface area contributed by atoms with E-state index in [1.54, 1.807) is 18.2 Å². The number of benzene rings is 1. The molecule has 2 unspecified atom stereocenters. The van der Waals surface area contributed by atoms with Gasteiger partial charge in [0.25, 0.3) is 5.91 Å². The Kier molecular flexibility index (Phi) is 6.17. The quantitative estimate of drug-likeness (QED) is 0.697. The number of ether oxygens (including phenoxy) is 1. The van der Waals surface area contributed by atoms with E-state index in [0.29, 0.717) is 5.56 Å². The first-order chi connectivity index (χ1) is 14.6. The molecule has 2 aromatic rings. The number of alkyl halides is 3. The summed E-state index contributed by atoms with van der Waals surface area (Å²) in [6.07, 6.45) is 3.31. The Bertz CT molecular complexity index is 1040. The summed E-state index contributed by atoms with van der Waals surface area (Å²) in [5.74, 6) is -1.87. The van der Waals surface area contributed by atoms with Gasteiger partial charge in [-0.15, -0.1) is 0 Å². The van der Waals surface area contributed by atoms with Gasteiger partial charge >= 0.3 is 6.18 Å². The molecule has 1 aliphatic carbocycles. The van der Waals surface area contributed by atoms with E-state index in [1.807, 2.05) is 0 Å². The van der Waals surface area contributed by atoms with Crippen molar-refractivity contribution >= 4 is 11.7 Å². The number of methoxy groups -OCH3 is 1. The summed E-state index contributed by atoms with van der Waals surface area (Å²) >= 11 is 0. The highest BCUT2D eigenvalue weighted by Gasteiger charge is 2.44. The van der Waals surface area contributed by atoms with Gasteiger partial charge in [-0.1, -0.05) is 36.4 Å². The van der Waals surface area contributed by atoms with Gasteiger partial charge < -0.3 is 14.6 Å². The van der Waals surface area contributed by atoms with E-state index in [4.69, 9.17) is 4.74 Å². The minimum absolute atomic E-state index is 0.171. The summed E-state index contributed by atoms with van der Waals surface area (Å²) in [5.41, 5.74) is -2.71. The molecule has 0 bridgehead atoms. The number of halogens is 4. The number of hydrogen-bond acceptors (Lipinski definition) is 3. The second-order valence-corrected chi connectivity index (χ2v) is 7.14. The standard InChI is InChI=1S/C22H20F4N2O3/c1-14(29)21(15-6-8-16(23)9-7-15)10-4-3-5-19(21)27-20(30)17-11-28(13-31-2)12-18(17)22(24,25)26/h3-12,19H,13H2,1-2H3,(H,27,30). The van der Waals surface area contributed by atoms with Gasteiger partial charge in [-0.3, -0.25) is 9.59 Å². The molecule has 0 aliphatic heterocycles. The van der Waals surface area contributed by atoms with E-state index in [0.717, 1.165) is 17.0 Å². The van der Waals surface area contributed by atoms with Gasteiger partial charge in [-0.05, 0) is 24.6 Å². The molecule has 2 atom stereocenters. The molecule has 0 radical (unpaired) electrons. The number of Topliss-reactive ketones (excluding diaryl/α,β-unsaturated/α-hetero) is 1. The molecule has 1 heterocycles. The number of nitrogens with one attached hydrogen (secondary N) is 1. The molecule has 164 valence electrons. The van der Waals surface area contributed by atoms with Crippen LogP contribution in [0.4, 0.5) is 17.6 Å². The summed E-state index contributed by atoms with van der Waals surface area (Å²) in [7, 11) is 1.32. The Morgan fingerprint density at radius 1 is 1.16 bits per heavy atom. The van der Waals surface area contributed by atoms with Crippen molar-refractivity contribution in [3.8, 4) is 0 Å². The largest absolute Gasteiger partial charge is 0.418 e. The van der Waals surface area contributed by atoms with Crippen LogP contribution in [-0.2, 0) is 27.9 Å². The zero-order valence-corrected chi connectivity index (χ0v) is 16.7. The molecule has 5 nitrogen and oxygen atoms in total. The van der Waals surface area contributed by atoms with Crippen molar-refractivity contribution in [1.29, 1.82) is 0 Å². The number of nitrogens with zero attached hydrogens (tertiary/aromatic N) is 1. The van der Waals surface area contributed by atoms with Crippen LogP contribution in [0.5, 0.6) is 0 Å². The van der Waals surface area contributed by atoms with E-state index in [9.17, 15) is 27.2 Å². The van der Waals surface area contributed by atoms with Crippen molar-refractivity contribution < 1.29 is 31.9 Å². The zero-order chi connectivity index (χ0) is 22.8. The van der Waals surface area contributed by atoms with Crippen molar-refractivity contribution in [2.24, 2.45) is 0 Å². The van der Waals surface area contributed by atoms with E-state index in [2.05, 4.69) is 5.32 Å². The van der Waals surface area contributed by atoms with Crippen LogP contribution in [0.15, 0.2) is 61.0 Å². The minimum Gasteiger partial charge on any atom is -0.364 e. The molecule has 0 saturated carbocycles. The molecular weight excluding hydrogens is 416 g/mol. The number of carbonyl (C=O) groups excluding carboxylic acids is 2. The fourth-order valence-corrected chi connectivity index (χ4v) is 3.70. The molecule has 1 aromatic heterocycles. The predicted molar refractivity (Wildman–Crippen MR) is 105 cm³/mol. The molecule has 1 N–H and O–H groups in total. The lowest BCUT2D eigenvalue weighted by atomic mass is 9.69. The maximum Gasteiger partial charge on any atom is 0.418 e. The summed E-state index contributed by atoms with van der Waals surface area (Å²) in [6.45, 7) is 1.14. The normalized spacial score (nSPS) is 20.6. The molecule has 1 aromatic carbocycles. The average molecular weight is 436 g/mol. The molecular formula is C22H20F4N2O3. The van der Waals surface area contributed by atoms with Crippen LogP contribution in [0.25, 0.3) is 0 Å². The van der Waals surface area contributed by atoms with Gasteiger partial charge in [-0.25, -0.2) is 4.39 Å². The van der Waals surface area contributed by atoms with Crippen LogP contribution >= 0.6 is 0 Å². The van der Waals surface area contributed by atoms with Crippen LogP contribution in [0.1, 0.15) is 28.4 Å².